The standard InChI is InChI=1S/C13H20N4O2S2/c1-16(2)7-10-5-4-6-13(15-10)21-8-11(14)12(9-20-3)17(18)19/h4-6,9,11H,7-8,14H2,1-3H3. The fraction of sp³-hybridized carbons (Fsp3) is 0.462. The zero-order valence-electron chi connectivity index (χ0n) is 12.4. The van der Waals surface area contributed by atoms with Gasteiger partial charge in [-0.25, -0.2) is 4.98 Å². The van der Waals surface area contributed by atoms with E-state index in [1.165, 1.54) is 28.9 Å². The average molecular weight is 328 g/mol. The normalized spacial score (nSPS) is 13.5. The van der Waals surface area contributed by atoms with Crippen LogP contribution >= 0.6 is 23.5 Å². The van der Waals surface area contributed by atoms with Gasteiger partial charge in [-0.05, 0) is 32.5 Å². The number of hydrogen-bond donors (Lipinski definition) is 1. The predicted molar refractivity (Wildman–Crippen MR) is 88.9 cm³/mol. The lowest BCUT2D eigenvalue weighted by molar-refractivity contribution is -0.428. The van der Waals surface area contributed by atoms with E-state index in [1.54, 1.807) is 6.26 Å². The van der Waals surface area contributed by atoms with Gasteiger partial charge >= 0.3 is 0 Å². The number of hydrogen-bond acceptors (Lipinski definition) is 7. The highest BCUT2D eigenvalue weighted by atomic mass is 32.2. The second kappa shape index (κ2) is 9.04. The molecule has 0 bridgehead atoms. The zero-order chi connectivity index (χ0) is 15.8. The lowest BCUT2D eigenvalue weighted by Gasteiger charge is -2.11. The summed E-state index contributed by atoms with van der Waals surface area (Å²) in [7, 11) is 3.96. The predicted octanol–water partition coefficient (Wildman–Crippen LogP) is 2.04. The van der Waals surface area contributed by atoms with E-state index in [1.807, 2.05) is 37.2 Å². The maximum Gasteiger partial charge on any atom is 0.269 e. The Balaban J connectivity index is 2.66. The van der Waals surface area contributed by atoms with Crippen molar-refractivity contribution < 1.29 is 4.92 Å². The van der Waals surface area contributed by atoms with Gasteiger partial charge in [-0.15, -0.1) is 23.5 Å². The van der Waals surface area contributed by atoms with Gasteiger partial charge in [-0.3, -0.25) is 10.1 Å². The highest BCUT2D eigenvalue weighted by molar-refractivity contribution is 8.01. The summed E-state index contributed by atoms with van der Waals surface area (Å²) >= 11 is 2.72. The molecule has 0 spiro atoms. The monoisotopic (exact) mass is 328 g/mol. The quantitative estimate of drug-likeness (QED) is 0.444. The number of nitro groups is 1. The van der Waals surface area contributed by atoms with Crippen LogP contribution in [0.3, 0.4) is 0 Å². The molecule has 1 aromatic heterocycles. The van der Waals surface area contributed by atoms with Crippen molar-refractivity contribution in [1.29, 1.82) is 0 Å². The Hall–Kier alpha value is -1.09. The van der Waals surface area contributed by atoms with E-state index in [2.05, 4.69) is 4.98 Å². The molecule has 0 fully saturated rings. The van der Waals surface area contributed by atoms with Crippen LogP contribution in [0.15, 0.2) is 34.3 Å². The van der Waals surface area contributed by atoms with Gasteiger partial charge < -0.3 is 10.6 Å². The van der Waals surface area contributed by atoms with Gasteiger partial charge in [0.15, 0.2) is 0 Å². The van der Waals surface area contributed by atoms with Crippen molar-refractivity contribution in [3.8, 4) is 0 Å². The molecule has 116 valence electrons. The molecular formula is C13H20N4O2S2. The molecule has 0 saturated heterocycles. The van der Waals surface area contributed by atoms with Crippen LogP contribution in [0.1, 0.15) is 5.69 Å². The lowest BCUT2D eigenvalue weighted by Crippen LogP contribution is -2.29. The van der Waals surface area contributed by atoms with Crippen molar-refractivity contribution in [2.75, 3.05) is 26.1 Å². The van der Waals surface area contributed by atoms with Gasteiger partial charge in [0.1, 0.15) is 6.04 Å². The lowest BCUT2D eigenvalue weighted by atomic mass is 10.3. The summed E-state index contributed by atoms with van der Waals surface area (Å²) in [6.07, 6.45) is 1.77. The van der Waals surface area contributed by atoms with Gasteiger partial charge in [-0.2, -0.15) is 0 Å². The van der Waals surface area contributed by atoms with E-state index in [0.717, 1.165) is 17.3 Å². The summed E-state index contributed by atoms with van der Waals surface area (Å²) < 4.78 is 0. The Morgan fingerprint density at radius 3 is 2.86 bits per heavy atom. The van der Waals surface area contributed by atoms with Crippen molar-refractivity contribution >= 4 is 23.5 Å². The molecule has 6 nitrogen and oxygen atoms in total. The Morgan fingerprint density at radius 2 is 2.29 bits per heavy atom. The molecule has 0 saturated carbocycles. The van der Waals surface area contributed by atoms with E-state index in [9.17, 15) is 10.1 Å². The van der Waals surface area contributed by atoms with Crippen molar-refractivity contribution in [2.45, 2.75) is 17.6 Å². The third-order valence-electron chi connectivity index (χ3n) is 2.50. The van der Waals surface area contributed by atoms with E-state index in [0.29, 0.717) is 5.75 Å². The number of nitrogens with zero attached hydrogens (tertiary/aromatic N) is 3. The van der Waals surface area contributed by atoms with Crippen LogP contribution in [0.25, 0.3) is 0 Å². The van der Waals surface area contributed by atoms with Gasteiger partial charge in [0.2, 0.25) is 0 Å². The maximum atomic E-state index is 10.9. The largest absolute Gasteiger partial charge is 0.318 e. The Labute approximate surface area is 133 Å². The number of aromatic nitrogens is 1. The molecular weight excluding hydrogens is 308 g/mol. The molecule has 1 heterocycles. The molecule has 2 N–H and O–H groups in total. The first kappa shape index (κ1) is 18.0. The maximum absolute atomic E-state index is 10.9. The highest BCUT2D eigenvalue weighted by Gasteiger charge is 2.20. The molecule has 0 aromatic carbocycles. The Bertz CT molecular complexity index is 509. The van der Waals surface area contributed by atoms with Crippen LogP contribution in [-0.2, 0) is 6.54 Å². The molecule has 0 aliphatic heterocycles. The van der Waals surface area contributed by atoms with Gasteiger partial charge in [0, 0.05) is 17.7 Å². The van der Waals surface area contributed by atoms with E-state index in [-0.39, 0.29) is 5.70 Å². The summed E-state index contributed by atoms with van der Waals surface area (Å²) in [5.41, 5.74) is 6.90. The summed E-state index contributed by atoms with van der Waals surface area (Å²) in [4.78, 5) is 17.1. The van der Waals surface area contributed by atoms with Gasteiger partial charge in [0.25, 0.3) is 5.70 Å². The molecule has 1 rings (SSSR count). The molecule has 0 aliphatic rings. The number of thioether (sulfide) groups is 2. The van der Waals surface area contributed by atoms with Crippen LogP contribution < -0.4 is 5.73 Å². The summed E-state index contributed by atoms with van der Waals surface area (Å²) in [6, 6.07) is 5.17. The Morgan fingerprint density at radius 1 is 1.57 bits per heavy atom. The van der Waals surface area contributed by atoms with Crippen LogP contribution in [0.4, 0.5) is 0 Å². The van der Waals surface area contributed by atoms with Crippen LogP contribution in [-0.4, -0.2) is 47.0 Å². The fourth-order valence-electron chi connectivity index (χ4n) is 1.60. The van der Waals surface area contributed by atoms with Crippen LogP contribution in [0.2, 0.25) is 0 Å². The third-order valence-corrected chi connectivity index (χ3v) is 4.03. The first-order chi connectivity index (χ1) is 9.93. The number of nitrogens with two attached hydrogens (primary N) is 1. The fourth-order valence-corrected chi connectivity index (χ4v) is 2.98. The van der Waals surface area contributed by atoms with Crippen molar-refractivity contribution in [3.63, 3.8) is 0 Å². The number of pyridine rings is 1. The van der Waals surface area contributed by atoms with Gasteiger partial charge in [-0.1, -0.05) is 6.07 Å². The summed E-state index contributed by atoms with van der Waals surface area (Å²) in [6.45, 7) is 0.757. The SMILES string of the molecule is CSC=C(C(N)CSc1cccc(CN(C)C)n1)[N+](=O)[O-]. The molecule has 1 unspecified atom stereocenters. The molecule has 0 amide bonds. The minimum atomic E-state index is -0.614. The highest BCUT2D eigenvalue weighted by Crippen LogP contribution is 2.19. The second-order valence-electron chi connectivity index (χ2n) is 4.66. The molecule has 21 heavy (non-hydrogen) atoms. The van der Waals surface area contributed by atoms with Crippen LogP contribution in [0, 0.1) is 10.1 Å². The molecule has 0 aliphatic carbocycles. The minimum absolute atomic E-state index is 0.0412. The second-order valence-corrected chi connectivity index (χ2v) is 6.41. The molecule has 8 heteroatoms. The first-order valence-corrected chi connectivity index (χ1v) is 8.57. The minimum Gasteiger partial charge on any atom is -0.318 e. The van der Waals surface area contributed by atoms with Crippen molar-refractivity contribution in [1.82, 2.24) is 9.88 Å². The van der Waals surface area contributed by atoms with E-state index >= 15 is 0 Å². The van der Waals surface area contributed by atoms with Crippen molar-refractivity contribution in [3.05, 3.63) is 45.1 Å². The molecule has 1 atom stereocenters. The average Bonchev–Trinajstić information content (AvgIpc) is 2.41. The first-order valence-electron chi connectivity index (χ1n) is 6.30. The summed E-state index contributed by atoms with van der Waals surface area (Å²) in [5, 5.41) is 13.2. The molecule has 0 radical (unpaired) electrons. The molecule has 1 aromatic rings. The van der Waals surface area contributed by atoms with E-state index in [4.69, 9.17) is 5.73 Å². The topological polar surface area (TPSA) is 85.3 Å². The van der Waals surface area contributed by atoms with Gasteiger partial charge in [0.05, 0.1) is 15.6 Å². The Kier molecular flexibility index (Phi) is 7.73. The van der Waals surface area contributed by atoms with Crippen LogP contribution in [0.5, 0.6) is 0 Å². The third kappa shape index (κ3) is 6.47. The zero-order valence-corrected chi connectivity index (χ0v) is 14.0. The number of rotatable bonds is 8. The smallest absolute Gasteiger partial charge is 0.269 e. The van der Waals surface area contributed by atoms with E-state index < -0.39 is 11.0 Å². The van der Waals surface area contributed by atoms with Crippen molar-refractivity contribution in [2.24, 2.45) is 5.73 Å². The summed E-state index contributed by atoms with van der Waals surface area (Å²) in [5.74, 6) is 0.422.